The molecule has 45 heavy (non-hydrogen) atoms. The van der Waals surface area contributed by atoms with Crippen LogP contribution in [0.25, 0.3) is 0 Å². The molecular weight excluding hydrogens is 572 g/mol. The Labute approximate surface area is 265 Å². The van der Waals surface area contributed by atoms with E-state index in [0.29, 0.717) is 17.7 Å². The molecule has 2 atom stereocenters. The van der Waals surface area contributed by atoms with Gasteiger partial charge in [-0.2, -0.15) is 9.97 Å². The van der Waals surface area contributed by atoms with Crippen molar-refractivity contribution in [3.8, 4) is 6.01 Å². The summed E-state index contributed by atoms with van der Waals surface area (Å²) in [7, 11) is 1.50. The van der Waals surface area contributed by atoms with E-state index in [4.69, 9.17) is 14.5 Å². The summed E-state index contributed by atoms with van der Waals surface area (Å²) in [6, 6.07) is 12.6. The number of carboxylic acids is 1. The number of methoxy groups -OCH3 is 1. The molecule has 1 aliphatic heterocycles. The van der Waals surface area contributed by atoms with Crippen LogP contribution in [0.4, 0.5) is 16.4 Å². The maximum Gasteiger partial charge on any atom is 0.408 e. The van der Waals surface area contributed by atoms with Crippen molar-refractivity contribution in [2.45, 2.75) is 84.3 Å². The molecule has 4 rings (SSSR count). The minimum absolute atomic E-state index is 0.0357. The van der Waals surface area contributed by atoms with E-state index in [2.05, 4.69) is 58.4 Å². The Morgan fingerprint density at radius 3 is 2.44 bits per heavy atom. The van der Waals surface area contributed by atoms with Crippen LogP contribution < -0.4 is 20.3 Å². The zero-order chi connectivity index (χ0) is 32.3. The molecule has 0 saturated carbocycles. The van der Waals surface area contributed by atoms with Crippen LogP contribution in [-0.2, 0) is 22.6 Å². The van der Waals surface area contributed by atoms with Gasteiger partial charge in [0.2, 0.25) is 0 Å². The van der Waals surface area contributed by atoms with Crippen molar-refractivity contribution >= 4 is 23.7 Å². The summed E-state index contributed by atoms with van der Waals surface area (Å²) >= 11 is 0. The molecule has 2 aromatic heterocycles. The third-order valence-electron chi connectivity index (χ3n) is 8.40. The number of carbonyl (C=O) groups excluding carboxylic acids is 1. The van der Waals surface area contributed by atoms with Gasteiger partial charge in [-0.3, -0.25) is 4.98 Å². The van der Waals surface area contributed by atoms with E-state index in [1.165, 1.54) is 24.1 Å². The SMILES string of the molecule is CCCc1ccc(C2CCN(c3nc(OC)nc(NCC(NC(=O)OCc4ccccc4)C(=O)O)c3C)CC2)nc1C(C)CC. The van der Waals surface area contributed by atoms with Gasteiger partial charge in [-0.05, 0) is 55.7 Å². The lowest BCUT2D eigenvalue weighted by Gasteiger charge is -2.34. The van der Waals surface area contributed by atoms with Gasteiger partial charge in [0.15, 0.2) is 0 Å². The highest BCUT2D eigenvalue weighted by Crippen LogP contribution is 2.34. The Hall–Kier alpha value is -4.41. The average Bonchev–Trinajstić information content (AvgIpc) is 3.06. The molecule has 3 aromatic rings. The van der Waals surface area contributed by atoms with E-state index in [1.807, 2.05) is 37.3 Å². The predicted octanol–water partition coefficient (Wildman–Crippen LogP) is 5.83. The maximum atomic E-state index is 12.3. The van der Waals surface area contributed by atoms with Crippen molar-refractivity contribution in [2.24, 2.45) is 0 Å². The number of anilines is 2. The molecular formula is C34H46N6O5. The third kappa shape index (κ3) is 8.83. The Bertz CT molecular complexity index is 1430. The number of amides is 1. The summed E-state index contributed by atoms with van der Waals surface area (Å²) in [6.45, 7) is 10.1. The monoisotopic (exact) mass is 618 g/mol. The number of ether oxygens (including phenoxy) is 2. The van der Waals surface area contributed by atoms with Gasteiger partial charge >= 0.3 is 18.1 Å². The fraction of sp³-hybridized carbons (Fsp3) is 0.500. The molecule has 0 radical (unpaired) electrons. The van der Waals surface area contributed by atoms with Gasteiger partial charge in [0, 0.05) is 42.5 Å². The van der Waals surface area contributed by atoms with E-state index in [1.54, 1.807) is 0 Å². The zero-order valence-corrected chi connectivity index (χ0v) is 27.0. The summed E-state index contributed by atoms with van der Waals surface area (Å²) in [5.74, 6) is 0.773. The number of carbonyl (C=O) groups is 2. The van der Waals surface area contributed by atoms with Crippen LogP contribution in [0.15, 0.2) is 42.5 Å². The van der Waals surface area contributed by atoms with Crippen LogP contribution in [0.2, 0.25) is 0 Å². The number of aromatic nitrogens is 3. The quantitative estimate of drug-likeness (QED) is 0.202. The molecule has 3 N–H and O–H groups in total. The lowest BCUT2D eigenvalue weighted by Crippen LogP contribution is -2.45. The third-order valence-corrected chi connectivity index (χ3v) is 8.40. The van der Waals surface area contributed by atoms with Crippen molar-refractivity contribution in [2.75, 3.05) is 37.0 Å². The lowest BCUT2D eigenvalue weighted by atomic mass is 9.90. The van der Waals surface area contributed by atoms with Gasteiger partial charge in [0.25, 0.3) is 0 Å². The Morgan fingerprint density at radius 1 is 1.07 bits per heavy atom. The predicted molar refractivity (Wildman–Crippen MR) is 174 cm³/mol. The molecule has 242 valence electrons. The second-order valence-electron chi connectivity index (χ2n) is 11.6. The summed E-state index contributed by atoms with van der Waals surface area (Å²) in [5.41, 5.74) is 5.34. The topological polar surface area (TPSA) is 139 Å². The first-order valence-electron chi connectivity index (χ1n) is 15.8. The Balaban J connectivity index is 1.41. The van der Waals surface area contributed by atoms with Gasteiger partial charge in [-0.25, -0.2) is 9.59 Å². The van der Waals surface area contributed by atoms with Gasteiger partial charge < -0.3 is 30.1 Å². The number of benzene rings is 1. The maximum absolute atomic E-state index is 12.3. The summed E-state index contributed by atoms with van der Waals surface area (Å²) in [5, 5.41) is 15.3. The van der Waals surface area contributed by atoms with Crippen LogP contribution in [0.3, 0.4) is 0 Å². The standard InChI is InChI=1S/C34H46N6O5/c1-6-11-26-14-15-27(36-29(26)22(3)7-2)25-16-18-40(19-17-25)31-23(4)30(38-33(39-31)44-5)35-20-28(32(41)42)37-34(43)45-21-24-12-9-8-10-13-24/h8-10,12-15,22,25,28H,6-7,11,16-21H2,1-5H3,(H,37,43)(H,41,42)(H,35,38,39). The molecule has 1 saturated heterocycles. The molecule has 0 bridgehead atoms. The first kappa shape index (κ1) is 33.5. The van der Waals surface area contributed by atoms with Crippen molar-refractivity contribution in [3.63, 3.8) is 0 Å². The molecule has 0 spiro atoms. The molecule has 3 heterocycles. The van der Waals surface area contributed by atoms with Gasteiger partial charge in [0.05, 0.1) is 7.11 Å². The first-order chi connectivity index (χ1) is 21.7. The molecule has 11 heteroatoms. The van der Waals surface area contributed by atoms with Crippen LogP contribution in [-0.4, -0.2) is 64.9 Å². The first-order valence-corrected chi connectivity index (χ1v) is 15.8. The van der Waals surface area contributed by atoms with E-state index in [0.717, 1.165) is 62.1 Å². The zero-order valence-electron chi connectivity index (χ0n) is 27.0. The number of carboxylic acid groups (broad SMARTS) is 1. The highest BCUT2D eigenvalue weighted by Gasteiger charge is 2.27. The molecule has 11 nitrogen and oxygen atoms in total. The van der Waals surface area contributed by atoms with E-state index < -0.39 is 18.1 Å². The number of hydrogen-bond acceptors (Lipinski definition) is 9. The number of aliphatic carboxylic acids is 1. The lowest BCUT2D eigenvalue weighted by molar-refractivity contribution is -0.139. The minimum atomic E-state index is -1.25. The summed E-state index contributed by atoms with van der Waals surface area (Å²) in [6.07, 6.45) is 4.28. The highest BCUT2D eigenvalue weighted by atomic mass is 16.5. The smallest absolute Gasteiger partial charge is 0.408 e. The number of nitrogens with one attached hydrogen (secondary N) is 2. The summed E-state index contributed by atoms with van der Waals surface area (Å²) in [4.78, 5) is 40.8. The van der Waals surface area contributed by atoms with Crippen LogP contribution in [0.1, 0.15) is 86.4 Å². The van der Waals surface area contributed by atoms with Crippen LogP contribution >= 0.6 is 0 Å². The molecule has 1 amide bonds. The molecule has 1 fully saturated rings. The Morgan fingerprint density at radius 2 is 1.80 bits per heavy atom. The van der Waals surface area contributed by atoms with Crippen LogP contribution in [0, 0.1) is 6.92 Å². The van der Waals surface area contributed by atoms with Crippen molar-refractivity contribution in [1.29, 1.82) is 0 Å². The normalized spacial score (nSPS) is 14.8. The molecule has 0 aliphatic carbocycles. The van der Waals surface area contributed by atoms with Crippen molar-refractivity contribution in [1.82, 2.24) is 20.3 Å². The van der Waals surface area contributed by atoms with Crippen molar-refractivity contribution in [3.05, 3.63) is 70.5 Å². The van der Waals surface area contributed by atoms with Gasteiger partial charge in [-0.1, -0.05) is 63.6 Å². The number of piperidine rings is 1. The number of alkyl carbamates (subject to hydrolysis) is 1. The second kappa shape index (κ2) is 16.1. The average molecular weight is 619 g/mol. The second-order valence-corrected chi connectivity index (χ2v) is 11.6. The van der Waals surface area contributed by atoms with Crippen molar-refractivity contribution < 1.29 is 24.2 Å². The molecule has 1 aromatic carbocycles. The fourth-order valence-corrected chi connectivity index (χ4v) is 5.60. The van der Waals surface area contributed by atoms with Gasteiger partial charge in [-0.15, -0.1) is 0 Å². The molecule has 2 unspecified atom stereocenters. The highest BCUT2D eigenvalue weighted by molar-refractivity contribution is 5.80. The molecule has 1 aliphatic rings. The van der Waals surface area contributed by atoms with E-state index in [9.17, 15) is 14.7 Å². The number of aryl methyl sites for hydroxylation is 1. The largest absolute Gasteiger partial charge is 0.480 e. The fourth-order valence-electron chi connectivity index (χ4n) is 5.60. The number of pyridine rings is 1. The number of rotatable bonds is 14. The number of nitrogens with zero attached hydrogens (tertiary/aromatic N) is 4. The minimum Gasteiger partial charge on any atom is -0.480 e. The van der Waals surface area contributed by atoms with Crippen LogP contribution in [0.5, 0.6) is 6.01 Å². The van der Waals surface area contributed by atoms with E-state index >= 15 is 0 Å². The summed E-state index contributed by atoms with van der Waals surface area (Å²) < 4.78 is 10.6. The van der Waals surface area contributed by atoms with Gasteiger partial charge in [0.1, 0.15) is 24.3 Å². The number of hydrogen-bond donors (Lipinski definition) is 3. The Kier molecular flexibility index (Phi) is 11.9. The van der Waals surface area contributed by atoms with E-state index in [-0.39, 0.29) is 19.2 Å².